The van der Waals surface area contributed by atoms with Gasteiger partial charge in [0.15, 0.2) is 5.13 Å². The second-order valence-electron chi connectivity index (χ2n) is 3.77. The summed E-state index contributed by atoms with van der Waals surface area (Å²) in [5, 5.41) is 5.45. The van der Waals surface area contributed by atoms with Gasteiger partial charge in [-0.2, -0.15) is 0 Å². The maximum Gasteiger partial charge on any atom is 0.257 e. The molecule has 0 radical (unpaired) electrons. The van der Waals surface area contributed by atoms with Crippen molar-refractivity contribution in [2.45, 2.75) is 20.3 Å². The van der Waals surface area contributed by atoms with Gasteiger partial charge in [0, 0.05) is 10.9 Å². The first kappa shape index (κ1) is 11.8. The topological polar surface area (TPSA) is 42.0 Å². The lowest BCUT2D eigenvalue weighted by atomic mass is 10.1. The molecule has 3 nitrogen and oxygen atoms in total. The van der Waals surface area contributed by atoms with Gasteiger partial charge < -0.3 is 0 Å². The van der Waals surface area contributed by atoms with Crippen molar-refractivity contribution < 1.29 is 4.79 Å². The van der Waals surface area contributed by atoms with E-state index in [9.17, 15) is 4.79 Å². The average molecular weight is 246 g/mol. The van der Waals surface area contributed by atoms with Gasteiger partial charge in [-0.25, -0.2) is 4.98 Å². The van der Waals surface area contributed by atoms with Crippen LogP contribution in [0.2, 0.25) is 0 Å². The highest BCUT2D eigenvalue weighted by molar-refractivity contribution is 7.13. The van der Waals surface area contributed by atoms with Crippen LogP contribution in [-0.4, -0.2) is 10.9 Å². The summed E-state index contributed by atoms with van der Waals surface area (Å²) in [5.41, 5.74) is 2.67. The molecular formula is C13H14N2OS. The van der Waals surface area contributed by atoms with Crippen molar-refractivity contribution in [3.63, 3.8) is 0 Å². The van der Waals surface area contributed by atoms with Crippen LogP contribution in [-0.2, 0) is 6.42 Å². The van der Waals surface area contributed by atoms with Gasteiger partial charge in [0.1, 0.15) is 0 Å². The summed E-state index contributed by atoms with van der Waals surface area (Å²) in [6.07, 6.45) is 0.886. The zero-order valence-corrected chi connectivity index (χ0v) is 10.7. The normalized spacial score (nSPS) is 10.2. The van der Waals surface area contributed by atoms with Crippen LogP contribution in [0.4, 0.5) is 5.13 Å². The van der Waals surface area contributed by atoms with Crippen molar-refractivity contribution in [1.29, 1.82) is 0 Å². The van der Waals surface area contributed by atoms with E-state index < -0.39 is 0 Å². The molecule has 1 aromatic heterocycles. The molecule has 2 aromatic rings. The summed E-state index contributed by atoms with van der Waals surface area (Å²) >= 11 is 1.46. The third-order valence-corrected chi connectivity index (χ3v) is 3.33. The molecule has 0 bridgehead atoms. The number of benzene rings is 1. The van der Waals surface area contributed by atoms with E-state index in [2.05, 4.69) is 10.3 Å². The number of amides is 1. The largest absolute Gasteiger partial charge is 0.298 e. The highest BCUT2D eigenvalue weighted by Crippen LogP contribution is 2.17. The first-order chi connectivity index (χ1) is 8.20. The molecule has 0 aliphatic rings. The van der Waals surface area contributed by atoms with Crippen LogP contribution < -0.4 is 5.32 Å². The fourth-order valence-corrected chi connectivity index (χ4v) is 2.31. The Morgan fingerprint density at radius 2 is 2.18 bits per heavy atom. The lowest BCUT2D eigenvalue weighted by Gasteiger charge is -2.04. The van der Waals surface area contributed by atoms with Crippen molar-refractivity contribution in [3.8, 4) is 0 Å². The summed E-state index contributed by atoms with van der Waals surface area (Å²) in [7, 11) is 0. The minimum absolute atomic E-state index is 0.0971. The van der Waals surface area contributed by atoms with Gasteiger partial charge in [0.05, 0.1) is 5.69 Å². The monoisotopic (exact) mass is 246 g/mol. The highest BCUT2D eigenvalue weighted by Gasteiger charge is 2.10. The van der Waals surface area contributed by atoms with Crippen LogP contribution in [0.3, 0.4) is 0 Å². The Kier molecular flexibility index (Phi) is 3.54. The lowest BCUT2D eigenvalue weighted by molar-refractivity contribution is 0.102. The fraction of sp³-hybridized carbons (Fsp3) is 0.231. The third kappa shape index (κ3) is 2.71. The number of nitrogens with zero attached hydrogens (tertiary/aromatic N) is 1. The predicted octanol–water partition coefficient (Wildman–Crippen LogP) is 3.27. The van der Waals surface area contributed by atoms with Gasteiger partial charge in [-0.15, -0.1) is 11.3 Å². The van der Waals surface area contributed by atoms with Gasteiger partial charge in [-0.05, 0) is 25.0 Å². The molecule has 4 heteroatoms. The molecule has 0 saturated heterocycles. The average Bonchev–Trinajstić information content (AvgIpc) is 2.77. The number of anilines is 1. The van der Waals surface area contributed by atoms with Gasteiger partial charge >= 0.3 is 0 Å². The van der Waals surface area contributed by atoms with Gasteiger partial charge in [-0.3, -0.25) is 10.1 Å². The number of rotatable bonds is 3. The standard InChI is InChI=1S/C13H14N2OS/c1-3-10-8-17-13(14-10)15-12(16)11-7-5-4-6-9(11)2/h4-8H,3H2,1-2H3,(H,14,15,16). The smallest absolute Gasteiger partial charge is 0.257 e. The molecule has 0 unspecified atom stereocenters. The summed E-state index contributed by atoms with van der Waals surface area (Å²) in [4.78, 5) is 16.3. The van der Waals surface area contributed by atoms with Crippen LogP contribution in [0.5, 0.6) is 0 Å². The first-order valence-corrected chi connectivity index (χ1v) is 6.40. The minimum atomic E-state index is -0.0971. The fourth-order valence-electron chi connectivity index (χ4n) is 1.52. The Morgan fingerprint density at radius 1 is 1.41 bits per heavy atom. The molecule has 0 aliphatic heterocycles. The second-order valence-corrected chi connectivity index (χ2v) is 4.62. The molecule has 1 heterocycles. The van der Waals surface area contributed by atoms with Crippen molar-refractivity contribution in [1.82, 2.24) is 4.98 Å². The van der Waals surface area contributed by atoms with Gasteiger partial charge in [-0.1, -0.05) is 25.1 Å². The Morgan fingerprint density at radius 3 is 2.82 bits per heavy atom. The lowest BCUT2D eigenvalue weighted by Crippen LogP contribution is -2.13. The Bertz CT molecular complexity index is 534. The van der Waals surface area contributed by atoms with Crippen LogP contribution in [0.15, 0.2) is 29.6 Å². The van der Waals surface area contributed by atoms with Crippen molar-refractivity contribution in [2.75, 3.05) is 5.32 Å². The van der Waals surface area contributed by atoms with Crippen LogP contribution in [0.25, 0.3) is 0 Å². The molecule has 0 atom stereocenters. The number of hydrogen-bond donors (Lipinski definition) is 1. The SMILES string of the molecule is CCc1csc(NC(=O)c2ccccc2C)n1. The zero-order chi connectivity index (χ0) is 12.3. The first-order valence-electron chi connectivity index (χ1n) is 5.52. The summed E-state index contributed by atoms with van der Waals surface area (Å²) in [6.45, 7) is 3.97. The maximum atomic E-state index is 12.0. The molecule has 2 rings (SSSR count). The summed E-state index contributed by atoms with van der Waals surface area (Å²) in [5.74, 6) is -0.0971. The Labute approximate surface area is 105 Å². The predicted molar refractivity (Wildman–Crippen MR) is 70.6 cm³/mol. The van der Waals surface area contributed by atoms with E-state index >= 15 is 0 Å². The van der Waals surface area contributed by atoms with Crippen LogP contribution in [0, 0.1) is 6.92 Å². The van der Waals surface area contributed by atoms with E-state index in [4.69, 9.17) is 0 Å². The van der Waals surface area contributed by atoms with E-state index in [0.29, 0.717) is 10.7 Å². The number of nitrogens with one attached hydrogen (secondary N) is 1. The number of thiazole rings is 1. The summed E-state index contributed by atoms with van der Waals surface area (Å²) < 4.78 is 0. The van der Waals surface area contributed by atoms with Gasteiger partial charge in [0.2, 0.25) is 0 Å². The van der Waals surface area contributed by atoms with Crippen LogP contribution >= 0.6 is 11.3 Å². The molecule has 17 heavy (non-hydrogen) atoms. The maximum absolute atomic E-state index is 12.0. The molecule has 0 aliphatic carbocycles. The van der Waals surface area contributed by atoms with E-state index in [-0.39, 0.29) is 5.91 Å². The molecule has 88 valence electrons. The highest BCUT2D eigenvalue weighted by atomic mass is 32.1. The van der Waals surface area contributed by atoms with Gasteiger partial charge in [0.25, 0.3) is 5.91 Å². The quantitative estimate of drug-likeness (QED) is 0.903. The number of carbonyl (C=O) groups is 1. The molecule has 0 saturated carbocycles. The van der Waals surface area contributed by atoms with E-state index in [0.717, 1.165) is 17.7 Å². The molecule has 0 fully saturated rings. The number of aryl methyl sites for hydroxylation is 2. The number of carbonyl (C=O) groups excluding carboxylic acids is 1. The molecule has 1 N–H and O–H groups in total. The van der Waals surface area contributed by atoms with Crippen LogP contribution in [0.1, 0.15) is 28.5 Å². The molecule has 0 spiro atoms. The Hall–Kier alpha value is -1.68. The van der Waals surface area contributed by atoms with E-state index in [1.807, 2.05) is 43.5 Å². The Balaban J connectivity index is 2.14. The second kappa shape index (κ2) is 5.10. The number of hydrogen-bond acceptors (Lipinski definition) is 3. The van der Waals surface area contributed by atoms with Crippen molar-refractivity contribution in [2.24, 2.45) is 0 Å². The number of aromatic nitrogens is 1. The van der Waals surface area contributed by atoms with Crippen molar-refractivity contribution >= 4 is 22.4 Å². The van der Waals surface area contributed by atoms with Crippen molar-refractivity contribution in [3.05, 3.63) is 46.5 Å². The zero-order valence-electron chi connectivity index (χ0n) is 9.86. The summed E-state index contributed by atoms with van der Waals surface area (Å²) in [6, 6.07) is 7.53. The molecule has 1 aromatic carbocycles. The van der Waals surface area contributed by atoms with E-state index in [1.165, 1.54) is 11.3 Å². The molecule has 1 amide bonds. The van der Waals surface area contributed by atoms with E-state index in [1.54, 1.807) is 0 Å². The minimum Gasteiger partial charge on any atom is -0.298 e. The third-order valence-electron chi connectivity index (χ3n) is 2.52. The molecular weight excluding hydrogens is 232 g/mol.